The van der Waals surface area contributed by atoms with E-state index in [0.717, 1.165) is 45.0 Å². The van der Waals surface area contributed by atoms with Gasteiger partial charge in [0.2, 0.25) is 0 Å². The molecule has 1 N–H and O–H groups in total. The summed E-state index contributed by atoms with van der Waals surface area (Å²) >= 11 is 0. The molecule has 2 heterocycles. The van der Waals surface area contributed by atoms with E-state index in [9.17, 15) is 0 Å². The minimum Gasteiger partial charge on any atom is -0.467 e. The molecule has 0 bridgehead atoms. The van der Waals surface area contributed by atoms with Crippen molar-refractivity contribution in [3.8, 4) is 0 Å². The van der Waals surface area contributed by atoms with E-state index in [-0.39, 0.29) is 0 Å². The van der Waals surface area contributed by atoms with E-state index in [0.29, 0.717) is 12.6 Å². The lowest BCUT2D eigenvalue weighted by Crippen LogP contribution is -2.30. The van der Waals surface area contributed by atoms with Crippen LogP contribution in [0.4, 0.5) is 0 Å². The lowest BCUT2D eigenvalue weighted by Gasteiger charge is -2.09. The Balaban J connectivity index is 1.43. The van der Waals surface area contributed by atoms with E-state index in [2.05, 4.69) is 5.32 Å². The Morgan fingerprint density at radius 2 is 2.50 bits per heavy atom. The van der Waals surface area contributed by atoms with Crippen LogP contribution in [0.25, 0.3) is 0 Å². The van der Waals surface area contributed by atoms with Gasteiger partial charge >= 0.3 is 0 Å². The normalized spacial score (nSPS) is 20.4. The van der Waals surface area contributed by atoms with Crippen LogP contribution in [0.1, 0.15) is 18.6 Å². The molecule has 1 atom stereocenters. The molecule has 0 saturated carbocycles. The van der Waals surface area contributed by atoms with Crippen molar-refractivity contribution in [3.05, 3.63) is 24.2 Å². The van der Waals surface area contributed by atoms with Crippen molar-refractivity contribution in [2.24, 2.45) is 0 Å². The van der Waals surface area contributed by atoms with E-state index in [1.165, 1.54) is 0 Å². The summed E-state index contributed by atoms with van der Waals surface area (Å²) < 4.78 is 15.9. The van der Waals surface area contributed by atoms with E-state index in [4.69, 9.17) is 13.9 Å². The molecule has 0 radical (unpaired) electrons. The maximum absolute atomic E-state index is 5.48. The first-order valence-corrected chi connectivity index (χ1v) is 5.86. The largest absolute Gasteiger partial charge is 0.467 e. The maximum Gasteiger partial charge on any atom is 0.129 e. The smallest absolute Gasteiger partial charge is 0.129 e. The molecule has 0 aliphatic carbocycles. The molecule has 1 fully saturated rings. The highest BCUT2D eigenvalue weighted by Crippen LogP contribution is 2.03. The summed E-state index contributed by atoms with van der Waals surface area (Å²) in [5.41, 5.74) is 0. The number of hydrogen-bond donors (Lipinski definition) is 1. The third kappa shape index (κ3) is 3.96. The van der Waals surface area contributed by atoms with E-state index in [1.54, 1.807) is 6.26 Å². The molecule has 1 aliphatic heterocycles. The van der Waals surface area contributed by atoms with Gasteiger partial charge in [-0.15, -0.1) is 0 Å². The van der Waals surface area contributed by atoms with E-state index >= 15 is 0 Å². The summed E-state index contributed by atoms with van der Waals surface area (Å²) in [4.78, 5) is 0. The van der Waals surface area contributed by atoms with E-state index < -0.39 is 0 Å². The van der Waals surface area contributed by atoms with Crippen LogP contribution < -0.4 is 5.32 Å². The SMILES string of the molecule is c1coc(COCCCNC2CCOC2)c1. The Bertz CT molecular complexity index is 268. The standard InChI is InChI=1S/C12H19NO3/c1-3-12(16-7-1)10-14-6-2-5-13-11-4-8-15-9-11/h1,3,7,11,13H,2,4-6,8-10H2. The van der Waals surface area contributed by atoms with Gasteiger partial charge in [-0.3, -0.25) is 0 Å². The van der Waals surface area contributed by atoms with Gasteiger partial charge in [-0.1, -0.05) is 0 Å². The van der Waals surface area contributed by atoms with Gasteiger partial charge in [-0.25, -0.2) is 0 Å². The molecule has 2 rings (SSSR count). The molecule has 1 unspecified atom stereocenters. The van der Waals surface area contributed by atoms with Gasteiger partial charge in [0.25, 0.3) is 0 Å². The van der Waals surface area contributed by atoms with Crippen LogP contribution in [-0.2, 0) is 16.1 Å². The summed E-state index contributed by atoms with van der Waals surface area (Å²) in [6.07, 6.45) is 3.82. The first-order chi connectivity index (χ1) is 7.95. The van der Waals surface area contributed by atoms with Crippen LogP contribution in [-0.4, -0.2) is 32.4 Å². The number of hydrogen-bond acceptors (Lipinski definition) is 4. The Labute approximate surface area is 95.9 Å². The van der Waals surface area contributed by atoms with Crippen LogP contribution in [0, 0.1) is 0 Å². The predicted molar refractivity (Wildman–Crippen MR) is 60.2 cm³/mol. The van der Waals surface area contributed by atoms with Crippen molar-refractivity contribution in [3.63, 3.8) is 0 Å². The van der Waals surface area contributed by atoms with Crippen molar-refractivity contribution in [2.45, 2.75) is 25.5 Å². The molecule has 0 amide bonds. The summed E-state index contributed by atoms with van der Waals surface area (Å²) in [6, 6.07) is 4.35. The second-order valence-corrected chi connectivity index (χ2v) is 4.00. The average molecular weight is 225 g/mol. The zero-order valence-corrected chi connectivity index (χ0v) is 9.48. The molecule has 1 aliphatic rings. The Morgan fingerprint density at radius 1 is 1.50 bits per heavy atom. The highest BCUT2D eigenvalue weighted by Gasteiger charge is 2.13. The quantitative estimate of drug-likeness (QED) is 0.715. The van der Waals surface area contributed by atoms with Crippen LogP contribution in [0.5, 0.6) is 0 Å². The molecular weight excluding hydrogens is 206 g/mol. The number of nitrogens with one attached hydrogen (secondary N) is 1. The second-order valence-electron chi connectivity index (χ2n) is 4.00. The number of furan rings is 1. The van der Waals surface area contributed by atoms with Crippen LogP contribution in [0.3, 0.4) is 0 Å². The first kappa shape index (κ1) is 11.6. The van der Waals surface area contributed by atoms with Gasteiger partial charge in [0.05, 0.1) is 12.9 Å². The van der Waals surface area contributed by atoms with Crippen LogP contribution in [0.15, 0.2) is 22.8 Å². The lowest BCUT2D eigenvalue weighted by atomic mass is 10.2. The highest BCUT2D eigenvalue weighted by molar-refractivity contribution is 4.95. The van der Waals surface area contributed by atoms with Crippen molar-refractivity contribution in [1.82, 2.24) is 5.32 Å². The van der Waals surface area contributed by atoms with Crippen molar-refractivity contribution in [1.29, 1.82) is 0 Å². The fraction of sp³-hybridized carbons (Fsp3) is 0.667. The zero-order chi connectivity index (χ0) is 11.1. The Hall–Kier alpha value is -0.840. The third-order valence-corrected chi connectivity index (χ3v) is 2.65. The summed E-state index contributed by atoms with van der Waals surface area (Å²) in [5, 5.41) is 3.45. The summed E-state index contributed by atoms with van der Waals surface area (Å²) in [7, 11) is 0. The highest BCUT2D eigenvalue weighted by atomic mass is 16.5. The van der Waals surface area contributed by atoms with Gasteiger partial charge in [0.1, 0.15) is 12.4 Å². The monoisotopic (exact) mass is 225 g/mol. The molecule has 4 heteroatoms. The predicted octanol–water partition coefficient (Wildman–Crippen LogP) is 1.56. The minimum absolute atomic E-state index is 0.546. The molecule has 0 aromatic carbocycles. The fourth-order valence-corrected chi connectivity index (χ4v) is 1.74. The lowest BCUT2D eigenvalue weighted by molar-refractivity contribution is 0.103. The van der Waals surface area contributed by atoms with Crippen LogP contribution >= 0.6 is 0 Å². The van der Waals surface area contributed by atoms with Crippen molar-refractivity contribution >= 4 is 0 Å². The van der Waals surface area contributed by atoms with Gasteiger partial charge in [-0.2, -0.15) is 0 Å². The topological polar surface area (TPSA) is 43.6 Å². The zero-order valence-electron chi connectivity index (χ0n) is 9.48. The third-order valence-electron chi connectivity index (χ3n) is 2.65. The summed E-state index contributed by atoms with van der Waals surface area (Å²) in [6.45, 7) is 4.08. The van der Waals surface area contributed by atoms with Gasteiger partial charge < -0.3 is 19.2 Å². The first-order valence-electron chi connectivity index (χ1n) is 5.86. The fourth-order valence-electron chi connectivity index (χ4n) is 1.74. The van der Waals surface area contributed by atoms with Gasteiger partial charge in [0.15, 0.2) is 0 Å². The molecule has 1 aromatic heterocycles. The molecule has 90 valence electrons. The molecular formula is C12H19NO3. The molecule has 4 nitrogen and oxygen atoms in total. The average Bonchev–Trinajstić information content (AvgIpc) is 2.96. The maximum atomic E-state index is 5.48. The molecule has 0 spiro atoms. The molecule has 16 heavy (non-hydrogen) atoms. The Kier molecular flexibility index (Phi) is 4.86. The molecule has 1 saturated heterocycles. The van der Waals surface area contributed by atoms with Gasteiger partial charge in [-0.05, 0) is 31.5 Å². The van der Waals surface area contributed by atoms with Crippen LogP contribution in [0.2, 0.25) is 0 Å². The van der Waals surface area contributed by atoms with Crippen molar-refractivity contribution < 1.29 is 13.9 Å². The minimum atomic E-state index is 0.546. The Morgan fingerprint density at radius 3 is 3.25 bits per heavy atom. The van der Waals surface area contributed by atoms with Crippen molar-refractivity contribution in [2.75, 3.05) is 26.4 Å². The van der Waals surface area contributed by atoms with Gasteiger partial charge in [0, 0.05) is 19.3 Å². The summed E-state index contributed by atoms with van der Waals surface area (Å²) in [5.74, 6) is 0.886. The number of ether oxygens (including phenoxy) is 2. The number of rotatable bonds is 7. The molecule has 1 aromatic rings. The van der Waals surface area contributed by atoms with E-state index in [1.807, 2.05) is 12.1 Å². The second kappa shape index (κ2) is 6.68.